The van der Waals surface area contributed by atoms with E-state index in [4.69, 9.17) is 4.98 Å². The minimum absolute atomic E-state index is 1.04. The summed E-state index contributed by atoms with van der Waals surface area (Å²) in [5, 5.41) is 12.9. The molecule has 0 N–H and O–H groups in total. The second kappa shape index (κ2) is 9.54. The zero-order valence-electron chi connectivity index (χ0n) is 25.9. The van der Waals surface area contributed by atoms with Crippen molar-refractivity contribution in [2.75, 3.05) is 0 Å². The van der Waals surface area contributed by atoms with E-state index in [0.717, 1.165) is 11.4 Å². The lowest BCUT2D eigenvalue weighted by Gasteiger charge is -2.13. The Balaban J connectivity index is 1.11. The van der Waals surface area contributed by atoms with Gasteiger partial charge in [-0.15, -0.1) is 0 Å². The molecule has 0 radical (unpaired) electrons. The second-order valence-electron chi connectivity index (χ2n) is 12.8. The Morgan fingerprint density at radius 1 is 0.333 bits per heavy atom. The number of pyridine rings is 1. The molecule has 0 fully saturated rings. The van der Waals surface area contributed by atoms with Gasteiger partial charge in [-0.2, -0.15) is 0 Å². The molecule has 3 heteroatoms. The third-order valence-electron chi connectivity index (χ3n) is 10.3. The first kappa shape index (κ1) is 25.7. The van der Waals surface area contributed by atoms with Crippen LogP contribution >= 0.6 is 0 Å². The molecule has 222 valence electrons. The van der Waals surface area contributed by atoms with Crippen LogP contribution in [0.5, 0.6) is 0 Å². The fourth-order valence-electron chi connectivity index (χ4n) is 8.15. The molecule has 3 aromatic heterocycles. The molecule has 1 aliphatic carbocycles. The lowest BCUT2D eigenvalue weighted by molar-refractivity contribution is 1.09. The molecule has 0 saturated carbocycles. The highest BCUT2D eigenvalue weighted by Crippen LogP contribution is 2.37. The van der Waals surface area contributed by atoms with Gasteiger partial charge in [0.05, 0.1) is 45.8 Å². The van der Waals surface area contributed by atoms with Gasteiger partial charge in [0.1, 0.15) is 0 Å². The van der Waals surface area contributed by atoms with Gasteiger partial charge in [-0.05, 0) is 85.6 Å². The summed E-state index contributed by atoms with van der Waals surface area (Å²) >= 11 is 0. The van der Waals surface area contributed by atoms with Crippen molar-refractivity contribution in [3.05, 3.63) is 162 Å². The van der Waals surface area contributed by atoms with Crippen LogP contribution in [0.15, 0.2) is 152 Å². The topological polar surface area (TPSA) is 22.8 Å². The smallest absolute Gasteiger partial charge is 0.0666 e. The summed E-state index contributed by atoms with van der Waals surface area (Å²) < 4.78 is 4.69. The van der Waals surface area contributed by atoms with Crippen molar-refractivity contribution in [2.24, 2.45) is 0 Å². The molecule has 3 nitrogen and oxygen atoms in total. The average Bonchev–Trinajstić information content (AvgIpc) is 3.64. The molecule has 0 aliphatic heterocycles. The van der Waals surface area contributed by atoms with Crippen LogP contribution in [0.3, 0.4) is 0 Å². The first-order valence-corrected chi connectivity index (χ1v) is 16.5. The molecule has 7 aromatic carbocycles. The van der Waals surface area contributed by atoms with Crippen molar-refractivity contribution >= 4 is 77.3 Å². The van der Waals surface area contributed by atoms with Crippen molar-refractivity contribution in [1.29, 1.82) is 0 Å². The van der Waals surface area contributed by atoms with E-state index in [9.17, 15) is 0 Å². The summed E-state index contributed by atoms with van der Waals surface area (Å²) in [6, 6.07) is 50.9. The third kappa shape index (κ3) is 3.45. The van der Waals surface area contributed by atoms with E-state index in [1.807, 2.05) is 12.4 Å². The lowest BCUT2D eigenvalue weighted by Crippen LogP contribution is -2.31. The van der Waals surface area contributed by atoms with Gasteiger partial charge in [-0.25, -0.2) is 0 Å². The van der Waals surface area contributed by atoms with Crippen LogP contribution in [0.2, 0.25) is 0 Å². The van der Waals surface area contributed by atoms with E-state index in [1.54, 1.807) is 0 Å². The minimum Gasteiger partial charge on any atom is -0.308 e. The van der Waals surface area contributed by atoms with Crippen LogP contribution in [0, 0.1) is 0 Å². The van der Waals surface area contributed by atoms with Crippen LogP contribution in [-0.2, 0) is 0 Å². The molecule has 3 heterocycles. The normalized spacial score (nSPS) is 12.5. The summed E-state index contributed by atoms with van der Waals surface area (Å²) in [5.74, 6) is 0. The van der Waals surface area contributed by atoms with Crippen LogP contribution in [0.25, 0.3) is 99.8 Å². The van der Waals surface area contributed by atoms with E-state index in [-0.39, 0.29) is 0 Å². The monoisotopic (exact) mass is 609 g/mol. The number of benzene rings is 7. The van der Waals surface area contributed by atoms with Crippen molar-refractivity contribution < 1.29 is 0 Å². The number of hydrogen-bond acceptors (Lipinski definition) is 1. The summed E-state index contributed by atoms with van der Waals surface area (Å²) in [7, 11) is 0. The first-order valence-electron chi connectivity index (χ1n) is 16.5. The quantitative estimate of drug-likeness (QED) is 0.183. The van der Waals surface area contributed by atoms with Crippen LogP contribution in [0.1, 0.15) is 0 Å². The number of rotatable bonds is 3. The molecule has 11 rings (SSSR count). The molecule has 0 bridgehead atoms. The molecule has 0 atom stereocenters. The van der Waals surface area contributed by atoms with E-state index < -0.39 is 0 Å². The SMILES string of the molecule is C1=c2c(c3ccc(-c4ccc5c(c4)c4ccccc4n5-c4cncc(-n5c6ccccc6c6ccccc65)c4)cc3c3ccccc23)=C1. The predicted molar refractivity (Wildman–Crippen MR) is 202 cm³/mol. The van der Waals surface area contributed by atoms with Crippen molar-refractivity contribution in [1.82, 2.24) is 14.1 Å². The number of fused-ring (bicyclic) bond motifs is 12. The maximum atomic E-state index is 4.81. The highest BCUT2D eigenvalue weighted by atomic mass is 15.0. The average molecular weight is 610 g/mol. The molecule has 48 heavy (non-hydrogen) atoms. The Labute approximate surface area is 275 Å². The Morgan fingerprint density at radius 3 is 1.35 bits per heavy atom. The zero-order valence-corrected chi connectivity index (χ0v) is 25.9. The Morgan fingerprint density at radius 2 is 0.771 bits per heavy atom. The Kier molecular flexibility index (Phi) is 5.11. The molecule has 10 aromatic rings. The van der Waals surface area contributed by atoms with Gasteiger partial charge in [0, 0.05) is 21.5 Å². The highest BCUT2D eigenvalue weighted by Gasteiger charge is 2.17. The van der Waals surface area contributed by atoms with Gasteiger partial charge in [0.25, 0.3) is 0 Å². The van der Waals surface area contributed by atoms with E-state index in [2.05, 4.69) is 161 Å². The summed E-state index contributed by atoms with van der Waals surface area (Å²) in [6.07, 6.45) is 8.44. The maximum Gasteiger partial charge on any atom is 0.0666 e. The fourth-order valence-corrected chi connectivity index (χ4v) is 8.15. The van der Waals surface area contributed by atoms with E-state index in [0.29, 0.717) is 0 Å². The van der Waals surface area contributed by atoms with Gasteiger partial charge in [-0.1, -0.05) is 109 Å². The molecule has 0 amide bonds. The van der Waals surface area contributed by atoms with Crippen molar-refractivity contribution in [2.45, 2.75) is 0 Å². The van der Waals surface area contributed by atoms with Gasteiger partial charge < -0.3 is 9.13 Å². The third-order valence-corrected chi connectivity index (χ3v) is 10.3. The van der Waals surface area contributed by atoms with Gasteiger partial charge in [-0.3, -0.25) is 4.98 Å². The molecule has 0 unspecified atom stereocenters. The fraction of sp³-hybridized carbons (Fsp3) is 0. The standard InChI is InChI=1S/C45H27N3/c1-2-10-33-32(9-1)34-20-21-35(34)36-19-17-28(23-40(33)36)29-18-22-45-41(24-29)39-13-5-8-16-44(39)48(45)31-25-30(26-46-27-31)47-42-14-6-3-11-37(42)38-12-4-7-15-43(38)47/h1-27H. The molecular weight excluding hydrogens is 583 g/mol. The zero-order chi connectivity index (χ0) is 31.3. The van der Waals surface area contributed by atoms with Gasteiger partial charge >= 0.3 is 0 Å². The number of hydrogen-bond donors (Lipinski definition) is 0. The largest absolute Gasteiger partial charge is 0.308 e. The number of para-hydroxylation sites is 3. The summed E-state index contributed by atoms with van der Waals surface area (Å²) in [6.45, 7) is 0. The summed E-state index contributed by atoms with van der Waals surface area (Å²) in [4.78, 5) is 4.81. The van der Waals surface area contributed by atoms with E-state index in [1.165, 1.54) is 86.7 Å². The Bertz CT molecular complexity index is 3070. The number of nitrogens with zero attached hydrogens (tertiary/aromatic N) is 3. The van der Waals surface area contributed by atoms with E-state index >= 15 is 0 Å². The predicted octanol–water partition coefficient (Wildman–Crippen LogP) is 9.82. The van der Waals surface area contributed by atoms with Crippen molar-refractivity contribution in [3.8, 4) is 22.5 Å². The van der Waals surface area contributed by atoms with Crippen molar-refractivity contribution in [3.63, 3.8) is 0 Å². The van der Waals surface area contributed by atoms with Gasteiger partial charge in [0.2, 0.25) is 0 Å². The molecule has 0 spiro atoms. The van der Waals surface area contributed by atoms with Crippen LogP contribution in [-0.4, -0.2) is 14.1 Å². The first-order chi connectivity index (χ1) is 23.8. The highest BCUT2D eigenvalue weighted by molar-refractivity contribution is 6.13. The van der Waals surface area contributed by atoms with Crippen LogP contribution in [0.4, 0.5) is 0 Å². The molecular formula is C45H27N3. The summed E-state index contributed by atoms with van der Waals surface area (Å²) in [5.41, 5.74) is 9.21. The van der Waals surface area contributed by atoms with Gasteiger partial charge in [0.15, 0.2) is 0 Å². The molecule has 1 aliphatic rings. The Hall–Kier alpha value is -6.45. The lowest BCUT2D eigenvalue weighted by atomic mass is 9.91. The second-order valence-corrected chi connectivity index (χ2v) is 12.8. The number of aromatic nitrogens is 3. The maximum absolute atomic E-state index is 4.81. The van der Waals surface area contributed by atoms with Crippen LogP contribution < -0.4 is 10.4 Å². The molecule has 0 saturated heterocycles. The minimum atomic E-state index is 1.04.